The third-order valence-corrected chi connectivity index (χ3v) is 5.63. The van der Waals surface area contributed by atoms with Crippen molar-refractivity contribution in [3.8, 4) is 11.5 Å². The molecule has 2 heterocycles. The second kappa shape index (κ2) is 9.04. The summed E-state index contributed by atoms with van der Waals surface area (Å²) in [6.07, 6.45) is -0.0254. The van der Waals surface area contributed by atoms with E-state index in [4.69, 9.17) is 9.47 Å². The monoisotopic (exact) mass is 423 g/mol. The number of amides is 1. The summed E-state index contributed by atoms with van der Waals surface area (Å²) in [5.41, 5.74) is 2.70. The standard InChI is InChI=1S/C22H21N3O4S/c1-14-17(21(27)25-22(24-14)30-12-15-5-3-2-4-6-15)10-20(26)23-11-16-7-8-18-19(9-16)29-13-28-18/h2-9H,10-13H2,1H3,(H,23,26)(H,24,25,27). The molecule has 1 aliphatic rings. The molecular weight excluding hydrogens is 402 g/mol. The van der Waals surface area contributed by atoms with Crippen molar-refractivity contribution in [2.45, 2.75) is 30.8 Å². The van der Waals surface area contributed by atoms with Crippen LogP contribution in [0.1, 0.15) is 22.4 Å². The van der Waals surface area contributed by atoms with Gasteiger partial charge in [-0.3, -0.25) is 9.59 Å². The minimum Gasteiger partial charge on any atom is -0.454 e. The summed E-state index contributed by atoms with van der Waals surface area (Å²) in [7, 11) is 0. The van der Waals surface area contributed by atoms with Crippen LogP contribution in [0.4, 0.5) is 0 Å². The molecule has 0 spiro atoms. The molecule has 0 atom stereocenters. The predicted octanol–water partition coefficient (Wildman–Crippen LogP) is 2.96. The Morgan fingerprint density at radius 3 is 2.73 bits per heavy atom. The van der Waals surface area contributed by atoms with Gasteiger partial charge in [0.1, 0.15) is 0 Å². The number of aryl methyl sites for hydroxylation is 1. The van der Waals surface area contributed by atoms with Crippen molar-refractivity contribution in [1.82, 2.24) is 15.3 Å². The fourth-order valence-corrected chi connectivity index (χ4v) is 3.92. The van der Waals surface area contributed by atoms with E-state index in [2.05, 4.69) is 15.3 Å². The van der Waals surface area contributed by atoms with Gasteiger partial charge in [0, 0.05) is 23.6 Å². The SMILES string of the molecule is Cc1nc(SCc2ccccc2)[nH]c(=O)c1CC(=O)NCc1ccc2c(c1)OCO2. The van der Waals surface area contributed by atoms with Crippen molar-refractivity contribution in [3.05, 3.63) is 81.3 Å². The van der Waals surface area contributed by atoms with Crippen LogP contribution >= 0.6 is 11.8 Å². The van der Waals surface area contributed by atoms with Crippen molar-refractivity contribution >= 4 is 17.7 Å². The number of hydrogen-bond acceptors (Lipinski definition) is 6. The second-order valence-corrected chi connectivity index (χ2v) is 7.81. The molecule has 30 heavy (non-hydrogen) atoms. The smallest absolute Gasteiger partial charge is 0.255 e. The van der Waals surface area contributed by atoms with Gasteiger partial charge in [-0.15, -0.1) is 0 Å². The highest BCUT2D eigenvalue weighted by atomic mass is 32.2. The van der Waals surface area contributed by atoms with E-state index in [0.29, 0.717) is 40.2 Å². The summed E-state index contributed by atoms with van der Waals surface area (Å²) < 4.78 is 10.6. The Morgan fingerprint density at radius 1 is 1.13 bits per heavy atom. The fourth-order valence-electron chi connectivity index (χ4n) is 3.06. The van der Waals surface area contributed by atoms with E-state index in [-0.39, 0.29) is 24.7 Å². The van der Waals surface area contributed by atoms with Crippen molar-refractivity contribution in [3.63, 3.8) is 0 Å². The number of aromatic nitrogens is 2. The molecule has 1 amide bonds. The molecule has 0 saturated heterocycles. The molecule has 154 valence electrons. The van der Waals surface area contributed by atoms with Crippen molar-refractivity contribution in [2.24, 2.45) is 0 Å². The number of carbonyl (C=O) groups excluding carboxylic acids is 1. The molecule has 8 heteroatoms. The third-order valence-electron chi connectivity index (χ3n) is 4.68. The molecule has 0 fully saturated rings. The Morgan fingerprint density at radius 2 is 1.93 bits per heavy atom. The molecular formula is C22H21N3O4S. The van der Waals surface area contributed by atoms with Crippen LogP contribution in [-0.2, 0) is 23.5 Å². The predicted molar refractivity (Wildman–Crippen MR) is 114 cm³/mol. The largest absolute Gasteiger partial charge is 0.454 e. The first-order valence-corrected chi connectivity index (χ1v) is 10.5. The quantitative estimate of drug-likeness (QED) is 0.448. The van der Waals surface area contributed by atoms with E-state index in [1.807, 2.05) is 48.5 Å². The molecule has 7 nitrogen and oxygen atoms in total. The number of hydrogen-bond donors (Lipinski definition) is 2. The zero-order valence-corrected chi connectivity index (χ0v) is 17.3. The molecule has 0 saturated carbocycles. The number of fused-ring (bicyclic) bond motifs is 1. The molecule has 1 aliphatic heterocycles. The van der Waals surface area contributed by atoms with E-state index >= 15 is 0 Å². The Bertz CT molecular complexity index is 1120. The molecule has 0 aliphatic carbocycles. The van der Waals surface area contributed by atoms with Crippen molar-refractivity contribution in [1.29, 1.82) is 0 Å². The maximum Gasteiger partial charge on any atom is 0.255 e. The highest BCUT2D eigenvalue weighted by Gasteiger charge is 2.15. The molecule has 4 rings (SSSR count). The summed E-state index contributed by atoms with van der Waals surface area (Å²) in [6.45, 7) is 2.30. The summed E-state index contributed by atoms with van der Waals surface area (Å²) in [4.78, 5) is 32.1. The van der Waals surface area contributed by atoms with Crippen molar-refractivity contribution < 1.29 is 14.3 Å². The Balaban J connectivity index is 1.35. The van der Waals surface area contributed by atoms with Gasteiger partial charge in [-0.25, -0.2) is 4.98 Å². The zero-order valence-electron chi connectivity index (χ0n) is 16.4. The van der Waals surface area contributed by atoms with Crippen LogP contribution in [0.25, 0.3) is 0 Å². The summed E-state index contributed by atoms with van der Waals surface area (Å²) in [5, 5.41) is 3.38. The highest BCUT2D eigenvalue weighted by molar-refractivity contribution is 7.98. The van der Waals surface area contributed by atoms with E-state index < -0.39 is 0 Å². The number of H-pyrrole nitrogens is 1. The van der Waals surface area contributed by atoms with Crippen LogP contribution < -0.4 is 20.3 Å². The van der Waals surface area contributed by atoms with Gasteiger partial charge in [0.2, 0.25) is 12.7 Å². The van der Waals surface area contributed by atoms with Crippen LogP contribution in [-0.4, -0.2) is 22.7 Å². The lowest BCUT2D eigenvalue weighted by Crippen LogP contribution is -2.28. The number of carbonyl (C=O) groups is 1. The average molecular weight is 423 g/mol. The van der Waals surface area contributed by atoms with Gasteiger partial charge in [0.05, 0.1) is 6.42 Å². The zero-order chi connectivity index (χ0) is 20.9. The number of thioether (sulfide) groups is 1. The number of benzene rings is 2. The third kappa shape index (κ3) is 4.83. The van der Waals surface area contributed by atoms with Crippen LogP contribution in [0.15, 0.2) is 58.5 Å². The number of ether oxygens (including phenoxy) is 2. The minimum atomic E-state index is -0.281. The number of rotatable bonds is 7. The van der Waals surface area contributed by atoms with Gasteiger partial charge >= 0.3 is 0 Å². The van der Waals surface area contributed by atoms with Crippen LogP contribution in [0.5, 0.6) is 11.5 Å². The van der Waals surface area contributed by atoms with Crippen LogP contribution in [0, 0.1) is 6.92 Å². The fraction of sp³-hybridized carbons (Fsp3) is 0.227. The molecule has 0 bridgehead atoms. The molecule has 0 unspecified atom stereocenters. The summed E-state index contributed by atoms with van der Waals surface area (Å²) in [5.74, 6) is 1.83. The van der Waals surface area contributed by atoms with Gasteiger partial charge < -0.3 is 19.8 Å². The number of nitrogens with zero attached hydrogens (tertiary/aromatic N) is 1. The first-order valence-electron chi connectivity index (χ1n) is 9.50. The number of nitrogens with one attached hydrogen (secondary N) is 2. The summed E-state index contributed by atoms with van der Waals surface area (Å²) >= 11 is 1.46. The second-order valence-electron chi connectivity index (χ2n) is 6.85. The van der Waals surface area contributed by atoms with Crippen LogP contribution in [0.3, 0.4) is 0 Å². The first kappa shape index (κ1) is 20.0. The Kier molecular flexibility index (Phi) is 6.04. The van der Waals surface area contributed by atoms with E-state index in [9.17, 15) is 9.59 Å². The average Bonchev–Trinajstić information content (AvgIpc) is 3.22. The summed E-state index contributed by atoms with van der Waals surface area (Å²) in [6, 6.07) is 15.5. The maximum atomic E-state index is 12.5. The number of aromatic amines is 1. The molecule has 2 aromatic carbocycles. The Labute approximate surface area is 177 Å². The van der Waals surface area contributed by atoms with Gasteiger partial charge in [0.25, 0.3) is 5.56 Å². The van der Waals surface area contributed by atoms with E-state index in [1.54, 1.807) is 6.92 Å². The lowest BCUT2D eigenvalue weighted by Gasteiger charge is -2.09. The van der Waals surface area contributed by atoms with E-state index in [1.165, 1.54) is 11.8 Å². The van der Waals surface area contributed by atoms with Crippen LogP contribution in [0.2, 0.25) is 0 Å². The minimum absolute atomic E-state index is 0.0254. The molecule has 2 N–H and O–H groups in total. The topological polar surface area (TPSA) is 93.3 Å². The molecule has 3 aromatic rings. The Hall–Kier alpha value is -3.26. The molecule has 1 aromatic heterocycles. The van der Waals surface area contributed by atoms with Gasteiger partial charge in [0.15, 0.2) is 16.7 Å². The normalized spacial score (nSPS) is 12.0. The lowest BCUT2D eigenvalue weighted by atomic mass is 10.1. The van der Waals surface area contributed by atoms with Gasteiger partial charge in [-0.1, -0.05) is 48.2 Å². The highest BCUT2D eigenvalue weighted by Crippen LogP contribution is 2.32. The van der Waals surface area contributed by atoms with Gasteiger partial charge in [-0.2, -0.15) is 0 Å². The first-order chi connectivity index (χ1) is 14.6. The maximum absolute atomic E-state index is 12.5. The van der Waals surface area contributed by atoms with Gasteiger partial charge in [-0.05, 0) is 30.2 Å². The lowest BCUT2D eigenvalue weighted by molar-refractivity contribution is -0.120. The van der Waals surface area contributed by atoms with E-state index in [0.717, 1.165) is 11.1 Å². The van der Waals surface area contributed by atoms with Crippen molar-refractivity contribution in [2.75, 3.05) is 6.79 Å². The molecule has 0 radical (unpaired) electrons.